The van der Waals surface area contributed by atoms with Crippen molar-refractivity contribution in [2.24, 2.45) is 0 Å². The number of nitrogens with one attached hydrogen (secondary N) is 1. The minimum absolute atomic E-state index is 0.360. The fourth-order valence-electron chi connectivity index (χ4n) is 2.26. The van der Waals surface area contributed by atoms with E-state index in [-0.39, 0.29) is 0 Å². The third-order valence-corrected chi connectivity index (χ3v) is 3.15. The summed E-state index contributed by atoms with van der Waals surface area (Å²) in [5.41, 5.74) is 2.60. The summed E-state index contributed by atoms with van der Waals surface area (Å²) in [6.07, 6.45) is 1.96. The molecule has 0 spiro atoms. The van der Waals surface area contributed by atoms with E-state index in [0.717, 1.165) is 30.9 Å². The van der Waals surface area contributed by atoms with Gasteiger partial charge in [-0.2, -0.15) is 0 Å². The lowest BCUT2D eigenvalue weighted by molar-refractivity contribution is 0.477. The Labute approximate surface area is 105 Å². The number of hydrogen-bond acceptors (Lipinski definition) is 2. The largest absolute Gasteiger partial charge is 0.466 e. The maximum atomic E-state index is 5.70. The lowest BCUT2D eigenvalue weighted by Gasteiger charge is -2.17. The van der Waals surface area contributed by atoms with Gasteiger partial charge in [-0.15, -0.1) is 11.8 Å². The van der Waals surface area contributed by atoms with Crippen LogP contribution in [0.15, 0.2) is 4.42 Å². The van der Waals surface area contributed by atoms with Crippen LogP contribution in [0, 0.1) is 32.6 Å². The average Bonchev–Trinajstić information content (AvgIpc) is 2.53. The molecule has 0 fully saturated rings. The van der Waals surface area contributed by atoms with Crippen molar-refractivity contribution in [2.45, 2.75) is 53.5 Å². The Kier molecular flexibility index (Phi) is 5.31. The summed E-state index contributed by atoms with van der Waals surface area (Å²) in [7, 11) is 0. The van der Waals surface area contributed by atoms with Crippen LogP contribution in [0.3, 0.4) is 0 Å². The van der Waals surface area contributed by atoms with Crippen molar-refractivity contribution in [1.29, 1.82) is 0 Å². The summed E-state index contributed by atoms with van der Waals surface area (Å²) >= 11 is 0. The molecule has 0 aliphatic carbocycles. The highest BCUT2D eigenvalue weighted by Gasteiger charge is 2.19. The van der Waals surface area contributed by atoms with Gasteiger partial charge in [-0.05, 0) is 46.2 Å². The van der Waals surface area contributed by atoms with Gasteiger partial charge < -0.3 is 9.73 Å². The molecule has 1 aromatic rings. The van der Waals surface area contributed by atoms with Crippen molar-refractivity contribution in [3.8, 4) is 11.8 Å². The van der Waals surface area contributed by atoms with Gasteiger partial charge in [0, 0.05) is 18.0 Å². The van der Waals surface area contributed by atoms with Crippen molar-refractivity contribution in [2.75, 3.05) is 6.54 Å². The Morgan fingerprint density at radius 1 is 1.24 bits per heavy atom. The molecule has 1 N–H and O–H groups in total. The summed E-state index contributed by atoms with van der Waals surface area (Å²) in [6, 6.07) is 0.360. The SMILES string of the molecule is CC#CCCC(NCC)c1c(C)oc(C)c1C. The highest BCUT2D eigenvalue weighted by Crippen LogP contribution is 2.29. The standard InChI is InChI=1S/C15H23NO/c1-6-8-9-10-14(16-7-2)15-11(3)12(4)17-13(15)5/h14,16H,7,9-10H2,1-5H3. The minimum atomic E-state index is 0.360. The van der Waals surface area contributed by atoms with E-state index in [1.165, 1.54) is 11.1 Å². The molecule has 1 rings (SSSR count). The van der Waals surface area contributed by atoms with E-state index in [0.29, 0.717) is 6.04 Å². The fourth-order valence-corrected chi connectivity index (χ4v) is 2.26. The molecule has 0 radical (unpaired) electrons. The first-order chi connectivity index (χ1) is 8.11. The van der Waals surface area contributed by atoms with Crippen molar-refractivity contribution in [3.63, 3.8) is 0 Å². The van der Waals surface area contributed by atoms with E-state index in [1.807, 2.05) is 20.8 Å². The van der Waals surface area contributed by atoms with Crippen molar-refractivity contribution in [1.82, 2.24) is 5.32 Å². The number of rotatable bonds is 5. The second kappa shape index (κ2) is 6.51. The van der Waals surface area contributed by atoms with Crippen molar-refractivity contribution in [3.05, 3.63) is 22.6 Å². The maximum absolute atomic E-state index is 5.70. The molecule has 0 aromatic carbocycles. The van der Waals surface area contributed by atoms with Crippen LogP contribution in [0.25, 0.3) is 0 Å². The molecule has 1 aromatic heterocycles. The third-order valence-electron chi connectivity index (χ3n) is 3.15. The van der Waals surface area contributed by atoms with Gasteiger partial charge in [0.2, 0.25) is 0 Å². The van der Waals surface area contributed by atoms with Crippen LogP contribution >= 0.6 is 0 Å². The fraction of sp³-hybridized carbons (Fsp3) is 0.600. The zero-order chi connectivity index (χ0) is 12.8. The Balaban J connectivity index is 2.90. The van der Waals surface area contributed by atoms with E-state index < -0.39 is 0 Å². The smallest absolute Gasteiger partial charge is 0.106 e. The summed E-state index contributed by atoms with van der Waals surface area (Å²) in [5, 5.41) is 3.53. The quantitative estimate of drug-likeness (QED) is 0.785. The van der Waals surface area contributed by atoms with E-state index in [4.69, 9.17) is 4.42 Å². The molecule has 1 heterocycles. The second-order valence-corrected chi connectivity index (χ2v) is 4.33. The molecule has 17 heavy (non-hydrogen) atoms. The summed E-state index contributed by atoms with van der Waals surface area (Å²) in [5.74, 6) is 8.15. The molecular formula is C15H23NO. The summed E-state index contributed by atoms with van der Waals surface area (Å²) in [4.78, 5) is 0. The number of furan rings is 1. The molecule has 0 bridgehead atoms. The Bertz CT molecular complexity index is 420. The van der Waals surface area contributed by atoms with Crippen LogP contribution in [-0.4, -0.2) is 6.54 Å². The molecule has 0 saturated carbocycles. The van der Waals surface area contributed by atoms with E-state index >= 15 is 0 Å². The average molecular weight is 233 g/mol. The van der Waals surface area contributed by atoms with Crippen LogP contribution in [0.1, 0.15) is 55.4 Å². The first-order valence-corrected chi connectivity index (χ1v) is 6.31. The predicted molar refractivity (Wildman–Crippen MR) is 72.0 cm³/mol. The monoisotopic (exact) mass is 233 g/mol. The van der Waals surface area contributed by atoms with Gasteiger partial charge in [-0.25, -0.2) is 0 Å². The predicted octanol–water partition coefficient (Wildman–Crippen LogP) is 3.66. The van der Waals surface area contributed by atoms with Gasteiger partial charge in [0.1, 0.15) is 11.5 Å². The zero-order valence-corrected chi connectivity index (χ0v) is 11.6. The van der Waals surface area contributed by atoms with Gasteiger partial charge in [0.25, 0.3) is 0 Å². The zero-order valence-electron chi connectivity index (χ0n) is 11.6. The normalized spacial score (nSPS) is 12.1. The van der Waals surface area contributed by atoms with Crippen LogP contribution in [0.2, 0.25) is 0 Å². The second-order valence-electron chi connectivity index (χ2n) is 4.33. The van der Waals surface area contributed by atoms with Crippen LogP contribution < -0.4 is 5.32 Å². The molecule has 94 valence electrons. The molecular weight excluding hydrogens is 210 g/mol. The molecule has 0 aliphatic heterocycles. The molecule has 2 heteroatoms. The summed E-state index contributed by atoms with van der Waals surface area (Å²) < 4.78 is 5.70. The van der Waals surface area contributed by atoms with Crippen LogP contribution in [-0.2, 0) is 0 Å². The Hall–Kier alpha value is -1.20. The molecule has 1 atom stereocenters. The first-order valence-electron chi connectivity index (χ1n) is 6.31. The van der Waals surface area contributed by atoms with Gasteiger partial charge in [-0.3, -0.25) is 0 Å². The molecule has 1 unspecified atom stereocenters. The Morgan fingerprint density at radius 3 is 2.41 bits per heavy atom. The highest BCUT2D eigenvalue weighted by molar-refractivity contribution is 5.34. The molecule has 0 saturated heterocycles. The van der Waals surface area contributed by atoms with Crippen molar-refractivity contribution >= 4 is 0 Å². The van der Waals surface area contributed by atoms with Crippen LogP contribution in [0.4, 0.5) is 0 Å². The number of hydrogen-bond donors (Lipinski definition) is 1. The topological polar surface area (TPSA) is 25.2 Å². The van der Waals surface area contributed by atoms with Gasteiger partial charge in [0.15, 0.2) is 0 Å². The highest BCUT2D eigenvalue weighted by atomic mass is 16.3. The van der Waals surface area contributed by atoms with Crippen LogP contribution in [0.5, 0.6) is 0 Å². The minimum Gasteiger partial charge on any atom is -0.466 e. The molecule has 0 aliphatic rings. The van der Waals surface area contributed by atoms with Crippen molar-refractivity contribution < 1.29 is 4.42 Å². The molecule has 0 amide bonds. The summed E-state index contributed by atoms with van der Waals surface area (Å²) in [6.45, 7) is 11.2. The maximum Gasteiger partial charge on any atom is 0.106 e. The Morgan fingerprint density at radius 2 is 1.94 bits per heavy atom. The van der Waals surface area contributed by atoms with Gasteiger partial charge in [0.05, 0.1) is 0 Å². The van der Waals surface area contributed by atoms with Gasteiger partial charge in [-0.1, -0.05) is 6.92 Å². The lowest BCUT2D eigenvalue weighted by atomic mass is 9.98. The van der Waals surface area contributed by atoms with E-state index in [1.54, 1.807) is 0 Å². The number of aryl methyl sites for hydroxylation is 2. The molecule has 2 nitrogen and oxygen atoms in total. The third kappa shape index (κ3) is 3.38. The van der Waals surface area contributed by atoms with E-state index in [2.05, 4.69) is 31.0 Å². The van der Waals surface area contributed by atoms with E-state index in [9.17, 15) is 0 Å². The lowest BCUT2D eigenvalue weighted by Crippen LogP contribution is -2.21. The first kappa shape index (κ1) is 13.9. The van der Waals surface area contributed by atoms with Gasteiger partial charge >= 0.3 is 0 Å².